The third-order valence-electron chi connectivity index (χ3n) is 5.02. The van der Waals surface area contributed by atoms with Crippen LogP contribution in [0, 0.1) is 11.8 Å². The number of aliphatic hydroxyl groups is 1. The first-order valence-corrected chi connectivity index (χ1v) is 8.68. The van der Waals surface area contributed by atoms with Gasteiger partial charge in [-0.25, -0.2) is 4.79 Å². The Bertz CT molecular complexity index is 339. The van der Waals surface area contributed by atoms with Gasteiger partial charge in [0, 0.05) is 19.8 Å². The maximum absolute atomic E-state index is 12.3. The van der Waals surface area contributed by atoms with E-state index in [2.05, 4.69) is 13.8 Å². The van der Waals surface area contributed by atoms with Gasteiger partial charge >= 0.3 is 6.09 Å². The molecule has 136 valence electrons. The van der Waals surface area contributed by atoms with Crippen molar-refractivity contribution >= 4 is 6.09 Å². The van der Waals surface area contributed by atoms with Crippen LogP contribution in [0.2, 0.25) is 0 Å². The monoisotopic (exact) mass is 331 g/mol. The molecule has 1 aliphatic rings. The molecule has 1 heterocycles. The highest BCUT2D eigenvalue weighted by atomic mass is 16.7. The molecule has 1 amide bonds. The summed E-state index contributed by atoms with van der Waals surface area (Å²) in [6.45, 7) is 5.17. The summed E-state index contributed by atoms with van der Waals surface area (Å²) < 4.78 is 15.2. The average Bonchev–Trinajstić information content (AvgIpc) is 2.59. The SMILES string of the molecule is CC[C@@H]1C[C@@H](CC)[C@H](CCCOCOC)N(C(=O)OC)[C@@H]1CO. The van der Waals surface area contributed by atoms with Crippen molar-refractivity contribution in [1.29, 1.82) is 0 Å². The van der Waals surface area contributed by atoms with Gasteiger partial charge in [-0.05, 0) is 31.1 Å². The van der Waals surface area contributed by atoms with Crippen LogP contribution in [0.1, 0.15) is 46.0 Å². The first kappa shape index (κ1) is 20.2. The zero-order valence-electron chi connectivity index (χ0n) is 15.0. The molecule has 1 aliphatic heterocycles. The fourth-order valence-electron chi connectivity index (χ4n) is 3.81. The molecule has 0 spiro atoms. The molecule has 0 aromatic carbocycles. The van der Waals surface area contributed by atoms with Crippen molar-refractivity contribution in [3.8, 4) is 0 Å². The molecule has 0 bridgehead atoms. The lowest BCUT2D eigenvalue weighted by Gasteiger charge is -2.49. The Balaban J connectivity index is 2.83. The summed E-state index contributed by atoms with van der Waals surface area (Å²) >= 11 is 0. The minimum atomic E-state index is -0.330. The number of ether oxygens (including phenoxy) is 3. The molecule has 1 N–H and O–H groups in total. The number of aliphatic hydroxyl groups excluding tert-OH is 1. The molecule has 1 rings (SSSR count). The van der Waals surface area contributed by atoms with Crippen LogP contribution in [0.15, 0.2) is 0 Å². The van der Waals surface area contributed by atoms with Gasteiger partial charge in [0.2, 0.25) is 0 Å². The van der Waals surface area contributed by atoms with Crippen molar-refractivity contribution in [3.05, 3.63) is 0 Å². The summed E-state index contributed by atoms with van der Waals surface area (Å²) in [5.41, 5.74) is 0. The van der Waals surface area contributed by atoms with Gasteiger partial charge < -0.3 is 19.3 Å². The predicted molar refractivity (Wildman–Crippen MR) is 88.1 cm³/mol. The molecule has 0 aromatic heterocycles. The van der Waals surface area contributed by atoms with Gasteiger partial charge in [-0.2, -0.15) is 0 Å². The molecular weight excluding hydrogens is 298 g/mol. The molecule has 6 heteroatoms. The molecule has 6 nitrogen and oxygen atoms in total. The number of likely N-dealkylation sites (tertiary alicyclic amines) is 1. The van der Waals surface area contributed by atoms with E-state index in [1.54, 1.807) is 12.0 Å². The molecule has 0 radical (unpaired) electrons. The Morgan fingerprint density at radius 3 is 2.35 bits per heavy atom. The maximum atomic E-state index is 12.3. The number of amides is 1. The number of piperidine rings is 1. The quantitative estimate of drug-likeness (QED) is 0.519. The van der Waals surface area contributed by atoms with E-state index in [0.29, 0.717) is 25.2 Å². The van der Waals surface area contributed by atoms with Gasteiger partial charge in [0.15, 0.2) is 0 Å². The lowest BCUT2D eigenvalue weighted by molar-refractivity contribution is -0.0438. The highest BCUT2D eigenvalue weighted by Crippen LogP contribution is 2.38. The molecule has 0 unspecified atom stereocenters. The van der Waals surface area contributed by atoms with E-state index in [-0.39, 0.29) is 24.8 Å². The summed E-state index contributed by atoms with van der Waals surface area (Å²) in [5, 5.41) is 9.84. The van der Waals surface area contributed by atoms with E-state index in [1.807, 2.05) is 0 Å². The first-order chi connectivity index (χ1) is 11.1. The normalized spacial score (nSPS) is 28.0. The van der Waals surface area contributed by atoms with Crippen molar-refractivity contribution in [2.45, 2.75) is 58.0 Å². The van der Waals surface area contributed by atoms with E-state index < -0.39 is 0 Å². The fraction of sp³-hybridized carbons (Fsp3) is 0.941. The summed E-state index contributed by atoms with van der Waals surface area (Å²) in [7, 11) is 3.01. The number of nitrogens with zero attached hydrogens (tertiary/aromatic N) is 1. The van der Waals surface area contributed by atoms with Gasteiger partial charge in [0.1, 0.15) is 6.79 Å². The van der Waals surface area contributed by atoms with Crippen LogP contribution in [0.5, 0.6) is 0 Å². The van der Waals surface area contributed by atoms with Crippen LogP contribution in [0.3, 0.4) is 0 Å². The van der Waals surface area contributed by atoms with E-state index in [0.717, 1.165) is 32.1 Å². The molecule has 4 atom stereocenters. The Labute approximate surface area is 140 Å². The third-order valence-corrected chi connectivity index (χ3v) is 5.02. The molecule has 0 saturated carbocycles. The standard InChI is InChI=1S/C17H33NO5/c1-5-13-10-14(6-2)16(11-19)18(17(20)22-4)15(13)8-7-9-23-12-21-3/h13-16,19H,5-12H2,1-4H3/t13-,14-,15+,16-/m1/s1. The number of carbonyl (C=O) groups excluding carboxylic acids is 1. The smallest absolute Gasteiger partial charge is 0.410 e. The molecule has 0 aliphatic carbocycles. The van der Waals surface area contributed by atoms with E-state index in [4.69, 9.17) is 14.2 Å². The summed E-state index contributed by atoms with van der Waals surface area (Å²) in [6, 6.07) is -0.0568. The number of hydrogen-bond donors (Lipinski definition) is 1. The van der Waals surface area contributed by atoms with Gasteiger partial charge in [-0.15, -0.1) is 0 Å². The average molecular weight is 331 g/mol. The Morgan fingerprint density at radius 2 is 1.83 bits per heavy atom. The molecule has 1 fully saturated rings. The van der Waals surface area contributed by atoms with Crippen molar-refractivity contribution in [3.63, 3.8) is 0 Å². The van der Waals surface area contributed by atoms with Crippen LogP contribution in [0.25, 0.3) is 0 Å². The van der Waals surface area contributed by atoms with Crippen molar-refractivity contribution in [1.82, 2.24) is 4.90 Å². The number of hydrogen-bond acceptors (Lipinski definition) is 5. The third kappa shape index (κ3) is 5.33. The molecular formula is C17H33NO5. The molecule has 0 aromatic rings. The Kier molecular flexibility index (Phi) is 9.52. The number of rotatable bonds is 9. The zero-order valence-corrected chi connectivity index (χ0v) is 15.0. The summed E-state index contributed by atoms with van der Waals surface area (Å²) in [6.07, 6.45) is 4.40. The van der Waals surface area contributed by atoms with Crippen LogP contribution >= 0.6 is 0 Å². The second kappa shape index (κ2) is 10.8. The fourth-order valence-corrected chi connectivity index (χ4v) is 3.81. The Morgan fingerprint density at radius 1 is 1.17 bits per heavy atom. The molecule has 23 heavy (non-hydrogen) atoms. The van der Waals surface area contributed by atoms with E-state index in [9.17, 15) is 9.90 Å². The van der Waals surface area contributed by atoms with Crippen LogP contribution in [-0.4, -0.2) is 62.4 Å². The van der Waals surface area contributed by atoms with Gasteiger partial charge in [0.25, 0.3) is 0 Å². The van der Waals surface area contributed by atoms with Crippen LogP contribution in [-0.2, 0) is 14.2 Å². The largest absolute Gasteiger partial charge is 0.453 e. The lowest BCUT2D eigenvalue weighted by Crippen LogP contribution is -2.58. The predicted octanol–water partition coefficient (Wildman–Crippen LogP) is 2.64. The maximum Gasteiger partial charge on any atom is 0.410 e. The second-order valence-corrected chi connectivity index (χ2v) is 6.22. The number of methoxy groups -OCH3 is 2. The van der Waals surface area contributed by atoms with Crippen molar-refractivity contribution in [2.24, 2.45) is 11.8 Å². The van der Waals surface area contributed by atoms with Gasteiger partial charge in [0.05, 0.1) is 19.8 Å². The summed E-state index contributed by atoms with van der Waals surface area (Å²) in [5.74, 6) is 0.759. The van der Waals surface area contributed by atoms with Crippen LogP contribution < -0.4 is 0 Å². The minimum Gasteiger partial charge on any atom is -0.453 e. The topological polar surface area (TPSA) is 68.2 Å². The van der Waals surface area contributed by atoms with Gasteiger partial charge in [-0.3, -0.25) is 4.90 Å². The lowest BCUT2D eigenvalue weighted by atomic mass is 9.75. The zero-order chi connectivity index (χ0) is 17.2. The second-order valence-electron chi connectivity index (χ2n) is 6.22. The Hall–Kier alpha value is -0.850. The van der Waals surface area contributed by atoms with Gasteiger partial charge in [-0.1, -0.05) is 26.7 Å². The van der Waals surface area contributed by atoms with Crippen molar-refractivity contribution in [2.75, 3.05) is 34.2 Å². The van der Waals surface area contributed by atoms with E-state index >= 15 is 0 Å². The van der Waals surface area contributed by atoms with Crippen molar-refractivity contribution < 1.29 is 24.1 Å². The summed E-state index contributed by atoms with van der Waals surface area (Å²) in [4.78, 5) is 14.1. The molecule has 1 saturated heterocycles. The minimum absolute atomic E-state index is 0.0132. The highest BCUT2D eigenvalue weighted by Gasteiger charge is 2.43. The van der Waals surface area contributed by atoms with Crippen LogP contribution in [0.4, 0.5) is 4.79 Å². The highest BCUT2D eigenvalue weighted by molar-refractivity contribution is 5.68. The first-order valence-electron chi connectivity index (χ1n) is 8.68. The van der Waals surface area contributed by atoms with E-state index in [1.165, 1.54) is 7.11 Å². The number of carbonyl (C=O) groups is 1.